The van der Waals surface area contributed by atoms with Gasteiger partial charge in [0.25, 0.3) is 0 Å². The van der Waals surface area contributed by atoms with Crippen molar-refractivity contribution in [3.63, 3.8) is 0 Å². The summed E-state index contributed by atoms with van der Waals surface area (Å²) in [5.41, 5.74) is 1.38. The quantitative estimate of drug-likeness (QED) is 0.904. The minimum absolute atomic E-state index is 0.476. The summed E-state index contributed by atoms with van der Waals surface area (Å²) in [7, 11) is 1.77. The fraction of sp³-hybridized carbons (Fsp3) is 0.455. The molecule has 0 saturated heterocycles. The Balaban J connectivity index is 2.01. The van der Waals surface area contributed by atoms with Crippen LogP contribution in [-0.2, 0) is 7.05 Å². The van der Waals surface area contributed by atoms with Gasteiger partial charge in [-0.15, -0.1) is 0 Å². The molecule has 1 unspecified atom stereocenters. The van der Waals surface area contributed by atoms with Gasteiger partial charge in [0.1, 0.15) is 6.10 Å². The summed E-state index contributed by atoms with van der Waals surface area (Å²) in [6.07, 6.45) is 6.51. The SMILES string of the molecule is Cn1ncc(Cl)c1C(O)c1cncn1C1CC1. The number of nitrogens with zero attached hydrogens (tertiary/aromatic N) is 4. The summed E-state index contributed by atoms with van der Waals surface area (Å²) in [6, 6.07) is 0.481. The minimum Gasteiger partial charge on any atom is -0.380 e. The van der Waals surface area contributed by atoms with Gasteiger partial charge in [-0.25, -0.2) is 4.98 Å². The molecule has 0 spiro atoms. The molecule has 0 bridgehead atoms. The highest BCUT2D eigenvalue weighted by Gasteiger charge is 2.29. The van der Waals surface area contributed by atoms with E-state index in [1.54, 1.807) is 24.3 Å². The molecule has 2 aromatic rings. The molecule has 3 rings (SSSR count). The van der Waals surface area contributed by atoms with E-state index in [1.807, 2.05) is 4.57 Å². The molecule has 1 N–H and O–H groups in total. The van der Waals surface area contributed by atoms with Gasteiger partial charge in [-0.1, -0.05) is 11.6 Å². The second kappa shape index (κ2) is 3.85. The molecular weight excluding hydrogens is 240 g/mol. The monoisotopic (exact) mass is 252 g/mol. The van der Waals surface area contributed by atoms with Gasteiger partial charge in [0.15, 0.2) is 0 Å². The van der Waals surface area contributed by atoms with Crippen LogP contribution in [-0.4, -0.2) is 24.4 Å². The van der Waals surface area contributed by atoms with Gasteiger partial charge in [-0.3, -0.25) is 4.68 Å². The van der Waals surface area contributed by atoms with Gasteiger partial charge < -0.3 is 9.67 Å². The number of halogens is 1. The van der Waals surface area contributed by atoms with Crippen molar-refractivity contribution in [2.75, 3.05) is 0 Å². The Morgan fingerprint density at radius 3 is 2.82 bits per heavy atom. The number of hydrogen-bond acceptors (Lipinski definition) is 3. The molecule has 2 aromatic heterocycles. The Labute approximate surface area is 104 Å². The van der Waals surface area contributed by atoms with Crippen LogP contribution in [0.4, 0.5) is 0 Å². The maximum atomic E-state index is 10.4. The van der Waals surface area contributed by atoms with Crippen molar-refractivity contribution < 1.29 is 5.11 Å². The summed E-state index contributed by atoms with van der Waals surface area (Å²) < 4.78 is 3.62. The Kier molecular flexibility index (Phi) is 2.45. The van der Waals surface area contributed by atoms with E-state index in [0.29, 0.717) is 16.8 Å². The highest BCUT2D eigenvalue weighted by atomic mass is 35.5. The molecule has 0 amide bonds. The number of hydrogen-bond donors (Lipinski definition) is 1. The molecule has 0 radical (unpaired) electrons. The lowest BCUT2D eigenvalue weighted by atomic mass is 10.2. The summed E-state index contributed by atoms with van der Waals surface area (Å²) in [5, 5.41) is 14.9. The zero-order chi connectivity index (χ0) is 12.0. The number of aliphatic hydroxyl groups is 1. The van der Waals surface area contributed by atoms with Gasteiger partial charge in [-0.2, -0.15) is 5.10 Å². The molecule has 6 heteroatoms. The van der Waals surface area contributed by atoms with Crippen molar-refractivity contribution in [3.8, 4) is 0 Å². The predicted octanol–water partition coefficient (Wildman–Crippen LogP) is 1.69. The second-order valence-electron chi connectivity index (χ2n) is 4.36. The topological polar surface area (TPSA) is 55.9 Å². The largest absolute Gasteiger partial charge is 0.380 e. The summed E-state index contributed by atoms with van der Waals surface area (Å²) in [4.78, 5) is 4.10. The van der Waals surface area contributed by atoms with Crippen molar-refractivity contribution in [2.45, 2.75) is 25.0 Å². The molecule has 1 saturated carbocycles. The molecule has 5 nitrogen and oxygen atoms in total. The fourth-order valence-electron chi connectivity index (χ4n) is 2.05. The number of aryl methyl sites for hydroxylation is 1. The highest BCUT2D eigenvalue weighted by Crippen LogP contribution is 2.38. The molecular formula is C11H13ClN4O. The van der Waals surface area contributed by atoms with Crippen molar-refractivity contribution >= 4 is 11.6 Å². The zero-order valence-electron chi connectivity index (χ0n) is 9.41. The van der Waals surface area contributed by atoms with E-state index in [0.717, 1.165) is 18.5 Å². The fourth-order valence-corrected chi connectivity index (χ4v) is 2.32. The van der Waals surface area contributed by atoms with Gasteiger partial charge >= 0.3 is 0 Å². The Morgan fingerprint density at radius 1 is 1.47 bits per heavy atom. The first-order chi connectivity index (χ1) is 8.18. The first kappa shape index (κ1) is 10.8. The van der Waals surface area contributed by atoms with Crippen molar-refractivity contribution in [2.24, 2.45) is 7.05 Å². The van der Waals surface area contributed by atoms with E-state index in [-0.39, 0.29) is 0 Å². The number of aromatic nitrogens is 4. The molecule has 90 valence electrons. The third-order valence-electron chi connectivity index (χ3n) is 3.11. The Bertz CT molecular complexity index is 524. The minimum atomic E-state index is -0.780. The van der Waals surface area contributed by atoms with Crippen LogP contribution in [0.1, 0.15) is 36.4 Å². The predicted molar refractivity (Wildman–Crippen MR) is 62.8 cm³/mol. The molecule has 2 heterocycles. The van der Waals surface area contributed by atoms with Crippen LogP contribution in [0, 0.1) is 0 Å². The van der Waals surface area contributed by atoms with Crippen LogP contribution >= 0.6 is 11.6 Å². The van der Waals surface area contributed by atoms with E-state index in [1.165, 1.54) is 6.20 Å². The van der Waals surface area contributed by atoms with E-state index < -0.39 is 6.10 Å². The molecule has 1 fully saturated rings. The van der Waals surface area contributed by atoms with Gasteiger partial charge in [0.2, 0.25) is 0 Å². The van der Waals surface area contributed by atoms with E-state index in [9.17, 15) is 5.11 Å². The van der Waals surface area contributed by atoms with Gasteiger partial charge in [-0.05, 0) is 12.8 Å². The Morgan fingerprint density at radius 2 is 2.24 bits per heavy atom. The smallest absolute Gasteiger partial charge is 0.139 e. The number of aliphatic hydroxyl groups excluding tert-OH is 1. The third-order valence-corrected chi connectivity index (χ3v) is 3.40. The first-order valence-corrected chi connectivity index (χ1v) is 5.93. The first-order valence-electron chi connectivity index (χ1n) is 5.55. The highest BCUT2D eigenvalue weighted by molar-refractivity contribution is 6.31. The number of imidazole rings is 1. The lowest BCUT2D eigenvalue weighted by Crippen LogP contribution is -2.11. The summed E-state index contributed by atoms with van der Waals surface area (Å²) in [5.74, 6) is 0. The molecule has 1 aliphatic carbocycles. The number of rotatable bonds is 3. The van der Waals surface area contributed by atoms with Crippen LogP contribution in [0.3, 0.4) is 0 Å². The van der Waals surface area contributed by atoms with Crippen molar-refractivity contribution in [1.29, 1.82) is 0 Å². The van der Waals surface area contributed by atoms with Crippen LogP contribution in [0.15, 0.2) is 18.7 Å². The van der Waals surface area contributed by atoms with Gasteiger partial charge in [0, 0.05) is 13.1 Å². The van der Waals surface area contributed by atoms with Gasteiger partial charge in [0.05, 0.1) is 35.1 Å². The lowest BCUT2D eigenvalue weighted by Gasteiger charge is -2.14. The van der Waals surface area contributed by atoms with Crippen LogP contribution in [0.25, 0.3) is 0 Å². The molecule has 0 aliphatic heterocycles. The summed E-state index contributed by atoms with van der Waals surface area (Å²) >= 11 is 6.03. The molecule has 17 heavy (non-hydrogen) atoms. The summed E-state index contributed by atoms with van der Waals surface area (Å²) in [6.45, 7) is 0. The third kappa shape index (κ3) is 1.75. The lowest BCUT2D eigenvalue weighted by molar-refractivity contribution is 0.199. The molecule has 1 aliphatic rings. The second-order valence-corrected chi connectivity index (χ2v) is 4.77. The van der Waals surface area contributed by atoms with E-state index in [4.69, 9.17) is 11.6 Å². The van der Waals surface area contributed by atoms with E-state index in [2.05, 4.69) is 10.1 Å². The van der Waals surface area contributed by atoms with Crippen LogP contribution < -0.4 is 0 Å². The van der Waals surface area contributed by atoms with Crippen molar-refractivity contribution in [3.05, 3.63) is 35.1 Å². The maximum absolute atomic E-state index is 10.4. The molecule has 0 aromatic carbocycles. The normalized spacial score (nSPS) is 17.4. The van der Waals surface area contributed by atoms with Crippen LogP contribution in [0.5, 0.6) is 0 Å². The Hall–Kier alpha value is -1.33. The standard InChI is InChI=1S/C11H13ClN4O/c1-15-10(8(12)4-14-15)11(17)9-5-13-6-16(9)7-2-3-7/h4-7,11,17H,2-3H2,1H3. The van der Waals surface area contributed by atoms with Crippen LogP contribution in [0.2, 0.25) is 5.02 Å². The molecule has 1 atom stereocenters. The maximum Gasteiger partial charge on any atom is 0.139 e. The average molecular weight is 253 g/mol. The average Bonchev–Trinajstić information content (AvgIpc) is 2.94. The van der Waals surface area contributed by atoms with Crippen molar-refractivity contribution in [1.82, 2.24) is 19.3 Å². The zero-order valence-corrected chi connectivity index (χ0v) is 10.2. The van der Waals surface area contributed by atoms with E-state index >= 15 is 0 Å².